The van der Waals surface area contributed by atoms with E-state index < -0.39 is 0 Å². The van der Waals surface area contributed by atoms with Gasteiger partial charge in [-0.3, -0.25) is 4.90 Å². The third-order valence-electron chi connectivity index (χ3n) is 2.59. The van der Waals surface area contributed by atoms with Crippen LogP contribution in [0.4, 0.5) is 0 Å². The van der Waals surface area contributed by atoms with Crippen molar-refractivity contribution in [1.82, 2.24) is 4.90 Å². The first kappa shape index (κ1) is 11.0. The number of hydrogen-bond donors (Lipinski definition) is 1. The molecule has 1 aliphatic heterocycles. The average molecular weight is 186 g/mol. The third-order valence-corrected chi connectivity index (χ3v) is 2.59. The summed E-state index contributed by atoms with van der Waals surface area (Å²) in [6, 6.07) is 0.157. The van der Waals surface area contributed by atoms with Crippen LogP contribution in [-0.2, 0) is 4.74 Å². The molecule has 1 heterocycles. The number of hydrogen-bond acceptors (Lipinski definition) is 3. The van der Waals surface area contributed by atoms with E-state index in [1.54, 1.807) is 0 Å². The van der Waals surface area contributed by atoms with Crippen LogP contribution in [0.1, 0.15) is 26.7 Å². The Labute approximate surface area is 81.2 Å². The Morgan fingerprint density at radius 3 is 3.00 bits per heavy atom. The number of morpholine rings is 1. The van der Waals surface area contributed by atoms with E-state index in [4.69, 9.17) is 10.5 Å². The van der Waals surface area contributed by atoms with Crippen molar-refractivity contribution < 1.29 is 4.74 Å². The average Bonchev–Trinajstić information content (AvgIpc) is 2.15. The highest BCUT2D eigenvalue weighted by molar-refractivity contribution is 4.77. The minimum Gasteiger partial charge on any atom is -0.374 e. The smallest absolute Gasteiger partial charge is 0.0850 e. The van der Waals surface area contributed by atoms with Gasteiger partial charge >= 0.3 is 0 Å². The van der Waals surface area contributed by atoms with E-state index in [0.29, 0.717) is 0 Å². The second-order valence-corrected chi connectivity index (χ2v) is 3.92. The van der Waals surface area contributed by atoms with Gasteiger partial charge in [-0.15, -0.1) is 0 Å². The van der Waals surface area contributed by atoms with Crippen LogP contribution in [0.25, 0.3) is 0 Å². The van der Waals surface area contributed by atoms with Crippen LogP contribution in [0, 0.1) is 0 Å². The van der Waals surface area contributed by atoms with E-state index in [9.17, 15) is 0 Å². The number of nitrogens with zero attached hydrogens (tertiary/aromatic N) is 1. The molecule has 1 rings (SSSR count). The molecular weight excluding hydrogens is 164 g/mol. The zero-order valence-corrected chi connectivity index (χ0v) is 8.83. The van der Waals surface area contributed by atoms with Gasteiger partial charge in [-0.25, -0.2) is 0 Å². The van der Waals surface area contributed by atoms with E-state index in [2.05, 4.69) is 11.8 Å². The van der Waals surface area contributed by atoms with Gasteiger partial charge < -0.3 is 10.5 Å². The normalized spacial score (nSPS) is 27.5. The molecule has 0 spiro atoms. The number of ether oxygens (including phenoxy) is 1. The van der Waals surface area contributed by atoms with E-state index >= 15 is 0 Å². The lowest BCUT2D eigenvalue weighted by molar-refractivity contribution is -0.0378. The van der Waals surface area contributed by atoms with Gasteiger partial charge in [-0.1, -0.05) is 13.3 Å². The fraction of sp³-hybridized carbons (Fsp3) is 1.00. The molecule has 1 saturated heterocycles. The Bertz CT molecular complexity index is 139. The molecule has 0 aromatic carbocycles. The largest absolute Gasteiger partial charge is 0.374 e. The van der Waals surface area contributed by atoms with Crippen molar-refractivity contribution in [1.29, 1.82) is 0 Å². The van der Waals surface area contributed by atoms with Crippen molar-refractivity contribution in [3.8, 4) is 0 Å². The van der Waals surface area contributed by atoms with Crippen LogP contribution < -0.4 is 5.73 Å². The van der Waals surface area contributed by atoms with Gasteiger partial charge in [0.1, 0.15) is 0 Å². The lowest BCUT2D eigenvalue weighted by Gasteiger charge is -2.34. The van der Waals surface area contributed by atoms with Crippen LogP contribution in [0.2, 0.25) is 0 Å². The Kier molecular flexibility index (Phi) is 4.70. The summed E-state index contributed by atoms with van der Waals surface area (Å²) in [5.74, 6) is 0. The summed E-state index contributed by atoms with van der Waals surface area (Å²) >= 11 is 0. The Hall–Kier alpha value is -0.120. The molecule has 3 nitrogen and oxygen atoms in total. The summed E-state index contributed by atoms with van der Waals surface area (Å²) in [4.78, 5) is 2.46. The van der Waals surface area contributed by atoms with Gasteiger partial charge in [0.2, 0.25) is 0 Å². The highest BCUT2D eigenvalue weighted by atomic mass is 16.5. The minimum atomic E-state index is 0.157. The Morgan fingerprint density at radius 2 is 2.38 bits per heavy atom. The number of nitrogens with two attached hydrogens (primary N) is 1. The monoisotopic (exact) mass is 186 g/mol. The number of unbranched alkanes of at least 4 members (excludes halogenated alkanes) is 1. The molecule has 0 amide bonds. The second-order valence-electron chi connectivity index (χ2n) is 3.92. The molecule has 2 atom stereocenters. The first-order valence-corrected chi connectivity index (χ1v) is 5.33. The maximum atomic E-state index is 5.81. The van der Waals surface area contributed by atoms with Crippen molar-refractivity contribution in [2.75, 3.05) is 26.2 Å². The molecule has 1 fully saturated rings. The molecule has 0 saturated carbocycles. The molecule has 13 heavy (non-hydrogen) atoms. The van der Waals surface area contributed by atoms with Crippen LogP contribution in [-0.4, -0.2) is 43.3 Å². The van der Waals surface area contributed by atoms with Gasteiger partial charge in [0.25, 0.3) is 0 Å². The second kappa shape index (κ2) is 5.58. The highest BCUT2D eigenvalue weighted by Gasteiger charge is 2.22. The zero-order chi connectivity index (χ0) is 9.68. The summed E-state index contributed by atoms with van der Waals surface area (Å²) < 4.78 is 5.58. The first-order chi connectivity index (χ1) is 6.24. The molecule has 1 aliphatic rings. The lowest BCUT2D eigenvalue weighted by atomic mass is 10.1. The van der Waals surface area contributed by atoms with E-state index in [1.807, 2.05) is 6.92 Å². The molecule has 2 unspecified atom stereocenters. The Morgan fingerprint density at radius 1 is 1.62 bits per heavy atom. The van der Waals surface area contributed by atoms with Gasteiger partial charge in [-0.05, 0) is 19.9 Å². The van der Waals surface area contributed by atoms with Crippen molar-refractivity contribution in [3.63, 3.8) is 0 Å². The molecule has 3 heteroatoms. The van der Waals surface area contributed by atoms with Gasteiger partial charge in [0.15, 0.2) is 0 Å². The minimum absolute atomic E-state index is 0.157. The molecule has 78 valence electrons. The fourth-order valence-electron chi connectivity index (χ4n) is 1.63. The third kappa shape index (κ3) is 3.63. The SMILES string of the molecule is CCCCN1CCOC(C(C)N)C1. The Balaban J connectivity index is 2.25. The number of rotatable bonds is 4. The van der Waals surface area contributed by atoms with Gasteiger partial charge in [0.05, 0.1) is 12.7 Å². The fourth-order valence-corrected chi connectivity index (χ4v) is 1.63. The topological polar surface area (TPSA) is 38.5 Å². The zero-order valence-electron chi connectivity index (χ0n) is 8.83. The molecule has 0 bridgehead atoms. The molecule has 0 radical (unpaired) electrons. The van der Waals surface area contributed by atoms with Crippen molar-refractivity contribution in [2.45, 2.75) is 38.8 Å². The van der Waals surface area contributed by atoms with Crippen LogP contribution >= 0.6 is 0 Å². The summed E-state index contributed by atoms with van der Waals surface area (Å²) in [6.07, 6.45) is 2.79. The highest BCUT2D eigenvalue weighted by Crippen LogP contribution is 2.08. The van der Waals surface area contributed by atoms with Crippen LogP contribution in [0.15, 0.2) is 0 Å². The summed E-state index contributed by atoms with van der Waals surface area (Å²) in [7, 11) is 0. The standard InChI is InChI=1S/C10H22N2O/c1-3-4-5-12-6-7-13-10(8-12)9(2)11/h9-10H,3-8,11H2,1-2H3. The molecule has 0 aromatic heterocycles. The van der Waals surface area contributed by atoms with E-state index in [0.717, 1.165) is 19.7 Å². The van der Waals surface area contributed by atoms with Crippen molar-refractivity contribution in [2.24, 2.45) is 5.73 Å². The summed E-state index contributed by atoms with van der Waals surface area (Å²) in [5, 5.41) is 0. The van der Waals surface area contributed by atoms with E-state index in [-0.39, 0.29) is 12.1 Å². The molecular formula is C10H22N2O. The van der Waals surface area contributed by atoms with Crippen LogP contribution in [0.3, 0.4) is 0 Å². The lowest BCUT2D eigenvalue weighted by Crippen LogP contribution is -2.49. The van der Waals surface area contributed by atoms with Gasteiger partial charge in [0, 0.05) is 19.1 Å². The van der Waals surface area contributed by atoms with Crippen LogP contribution in [0.5, 0.6) is 0 Å². The molecule has 2 N–H and O–H groups in total. The molecule has 0 aliphatic carbocycles. The van der Waals surface area contributed by atoms with E-state index in [1.165, 1.54) is 19.4 Å². The van der Waals surface area contributed by atoms with Gasteiger partial charge in [-0.2, -0.15) is 0 Å². The quantitative estimate of drug-likeness (QED) is 0.707. The maximum absolute atomic E-state index is 5.81. The first-order valence-electron chi connectivity index (χ1n) is 5.33. The predicted octanol–water partition coefficient (Wildman–Crippen LogP) is 0.834. The maximum Gasteiger partial charge on any atom is 0.0850 e. The predicted molar refractivity (Wildman–Crippen MR) is 54.7 cm³/mol. The summed E-state index contributed by atoms with van der Waals surface area (Å²) in [5.41, 5.74) is 5.81. The molecule has 0 aromatic rings. The van der Waals surface area contributed by atoms with Crippen molar-refractivity contribution >= 4 is 0 Å². The van der Waals surface area contributed by atoms with Crippen molar-refractivity contribution in [3.05, 3.63) is 0 Å². The summed E-state index contributed by atoms with van der Waals surface area (Å²) in [6.45, 7) is 8.37.